The van der Waals surface area contributed by atoms with E-state index >= 15 is 0 Å². The number of rotatable bonds is 7. The Morgan fingerprint density at radius 2 is 1.81 bits per heavy atom. The van der Waals surface area contributed by atoms with Gasteiger partial charge in [-0.3, -0.25) is 4.79 Å². The molecule has 3 rings (SSSR count). The summed E-state index contributed by atoms with van der Waals surface area (Å²) in [7, 11) is 0. The Kier molecular flexibility index (Phi) is 6.89. The van der Waals surface area contributed by atoms with Crippen molar-refractivity contribution in [2.45, 2.75) is 32.5 Å². The smallest absolute Gasteiger partial charge is 0.340 e. The highest BCUT2D eigenvalue weighted by Gasteiger charge is 2.30. The molecule has 0 spiro atoms. The molecule has 5 nitrogen and oxygen atoms in total. The van der Waals surface area contributed by atoms with E-state index < -0.39 is 17.8 Å². The Morgan fingerprint density at radius 3 is 2.42 bits per heavy atom. The largest absolute Gasteiger partial charge is 0.416 e. The van der Waals surface area contributed by atoms with E-state index in [1.54, 1.807) is 6.08 Å². The lowest BCUT2D eigenvalue weighted by molar-refractivity contribution is -0.137. The van der Waals surface area contributed by atoms with E-state index in [1.165, 1.54) is 18.2 Å². The van der Waals surface area contributed by atoms with Gasteiger partial charge >= 0.3 is 6.18 Å². The van der Waals surface area contributed by atoms with Gasteiger partial charge in [-0.15, -0.1) is 0 Å². The minimum atomic E-state index is -4.42. The van der Waals surface area contributed by atoms with E-state index in [-0.39, 0.29) is 23.5 Å². The molecule has 0 unspecified atom stereocenters. The second-order valence-electron chi connectivity index (χ2n) is 7.15. The number of amides is 1. The molecular weight excluding hydrogens is 407 g/mol. The number of nitrogens with zero attached hydrogens (tertiary/aromatic N) is 2. The van der Waals surface area contributed by atoms with E-state index in [9.17, 15) is 18.0 Å². The van der Waals surface area contributed by atoms with Crippen molar-refractivity contribution in [1.82, 2.24) is 15.5 Å². The Balaban J connectivity index is 1.76. The topological polar surface area (TPSA) is 68.0 Å². The van der Waals surface area contributed by atoms with Gasteiger partial charge in [0, 0.05) is 11.6 Å². The van der Waals surface area contributed by atoms with E-state index in [2.05, 4.69) is 15.5 Å². The number of carbonyl (C=O) groups is 1. The number of hydrogen-bond acceptors (Lipinski definition) is 4. The molecule has 31 heavy (non-hydrogen) atoms. The van der Waals surface area contributed by atoms with Crippen LogP contribution in [0.15, 0.2) is 65.2 Å². The third-order valence-corrected chi connectivity index (χ3v) is 4.92. The van der Waals surface area contributed by atoms with Crippen LogP contribution < -0.4 is 5.32 Å². The average Bonchev–Trinajstić information content (AvgIpc) is 3.25. The van der Waals surface area contributed by atoms with E-state index in [0.717, 1.165) is 24.1 Å². The maximum Gasteiger partial charge on any atom is 0.416 e. The predicted molar refractivity (Wildman–Crippen MR) is 111 cm³/mol. The minimum Gasteiger partial charge on any atom is -0.340 e. The van der Waals surface area contributed by atoms with Gasteiger partial charge in [0.25, 0.3) is 0 Å². The molecule has 0 fully saturated rings. The molecule has 162 valence electrons. The van der Waals surface area contributed by atoms with Crippen LogP contribution in [0.4, 0.5) is 13.2 Å². The summed E-state index contributed by atoms with van der Waals surface area (Å²) in [5.41, 5.74) is 0.524. The lowest BCUT2D eigenvalue weighted by Crippen LogP contribution is -2.31. The first-order valence-electron chi connectivity index (χ1n) is 9.82. The van der Waals surface area contributed by atoms with Gasteiger partial charge in [-0.25, -0.2) is 0 Å². The highest BCUT2D eigenvalue weighted by Crippen LogP contribution is 2.31. The molecule has 1 heterocycles. The third kappa shape index (κ3) is 5.81. The summed E-state index contributed by atoms with van der Waals surface area (Å²) >= 11 is 0. The predicted octanol–water partition coefficient (Wildman–Crippen LogP) is 5.67. The van der Waals surface area contributed by atoms with Gasteiger partial charge < -0.3 is 9.84 Å². The molecule has 0 aliphatic heterocycles. The van der Waals surface area contributed by atoms with Crippen molar-refractivity contribution in [3.63, 3.8) is 0 Å². The summed E-state index contributed by atoms with van der Waals surface area (Å²) in [6.07, 6.45) is -0.548. The molecule has 2 atom stereocenters. The summed E-state index contributed by atoms with van der Waals surface area (Å²) in [5.74, 6) is 0.0372. The molecule has 8 heteroatoms. The fraction of sp³-hybridized carbons (Fsp3) is 0.261. The summed E-state index contributed by atoms with van der Waals surface area (Å²) in [6.45, 7) is 3.91. The maximum absolute atomic E-state index is 12.8. The molecule has 1 N–H and O–H groups in total. The van der Waals surface area contributed by atoms with Crippen LogP contribution in [-0.2, 0) is 11.0 Å². The number of alkyl halides is 3. The van der Waals surface area contributed by atoms with Gasteiger partial charge in [0.05, 0.1) is 5.56 Å². The molecule has 0 aliphatic carbocycles. The fourth-order valence-corrected chi connectivity index (χ4v) is 2.91. The van der Waals surface area contributed by atoms with Crippen molar-refractivity contribution in [3.8, 4) is 11.4 Å². The van der Waals surface area contributed by atoms with Crippen molar-refractivity contribution in [2.24, 2.45) is 5.92 Å². The molecule has 3 aromatic rings. The number of nitrogens with one attached hydrogen (secondary N) is 1. The second kappa shape index (κ2) is 9.59. The molecular formula is C23H22F3N3O2. The Bertz CT molecular complexity index is 1030. The zero-order chi connectivity index (χ0) is 22.4. The number of benzene rings is 2. The molecule has 2 aromatic carbocycles. The van der Waals surface area contributed by atoms with Crippen molar-refractivity contribution in [1.29, 1.82) is 0 Å². The zero-order valence-corrected chi connectivity index (χ0v) is 17.1. The van der Waals surface area contributed by atoms with Crippen molar-refractivity contribution < 1.29 is 22.5 Å². The standard InChI is InChI=1S/C23H22F3N3O2/c1-3-15(2)20(27-19(30)14-9-16-7-5-4-6-8-16)22-28-21(29-31-22)17-10-12-18(13-11-17)23(24,25)26/h4-15,20H,3H2,1-2H3,(H,27,30)/b14-9+/t15-,20-/m0/s1. The summed E-state index contributed by atoms with van der Waals surface area (Å²) in [6, 6.07) is 13.4. The van der Waals surface area contributed by atoms with Gasteiger partial charge in [0.2, 0.25) is 17.6 Å². The molecule has 0 saturated heterocycles. The summed E-state index contributed by atoms with van der Waals surface area (Å²) in [5, 5.41) is 6.76. The molecule has 0 saturated carbocycles. The monoisotopic (exact) mass is 429 g/mol. The van der Waals surface area contributed by atoms with E-state index in [4.69, 9.17) is 4.52 Å². The van der Waals surface area contributed by atoms with Gasteiger partial charge in [0.15, 0.2) is 0 Å². The lowest BCUT2D eigenvalue weighted by atomic mass is 9.99. The maximum atomic E-state index is 12.8. The van der Waals surface area contributed by atoms with Crippen molar-refractivity contribution in [3.05, 3.63) is 77.7 Å². The Labute approximate surface area is 178 Å². The fourth-order valence-electron chi connectivity index (χ4n) is 2.91. The van der Waals surface area contributed by atoms with E-state index in [1.807, 2.05) is 44.2 Å². The normalized spacial score (nSPS) is 13.8. The third-order valence-electron chi connectivity index (χ3n) is 4.92. The summed E-state index contributed by atoms with van der Waals surface area (Å²) < 4.78 is 43.6. The first-order chi connectivity index (χ1) is 14.8. The van der Waals surface area contributed by atoms with Crippen LogP contribution in [0, 0.1) is 5.92 Å². The van der Waals surface area contributed by atoms with Crippen LogP contribution in [0.25, 0.3) is 17.5 Å². The van der Waals surface area contributed by atoms with Gasteiger partial charge in [-0.05, 0) is 29.7 Å². The number of halogens is 3. The number of carbonyl (C=O) groups excluding carboxylic acids is 1. The van der Waals surface area contributed by atoms with Crippen molar-refractivity contribution in [2.75, 3.05) is 0 Å². The average molecular weight is 429 g/mol. The Morgan fingerprint density at radius 1 is 1.13 bits per heavy atom. The quantitative estimate of drug-likeness (QED) is 0.491. The molecule has 0 aliphatic rings. The molecule has 1 aromatic heterocycles. The van der Waals surface area contributed by atoms with E-state index in [0.29, 0.717) is 5.56 Å². The van der Waals surface area contributed by atoms with Gasteiger partial charge in [-0.2, -0.15) is 18.2 Å². The molecule has 0 bridgehead atoms. The lowest BCUT2D eigenvalue weighted by Gasteiger charge is -2.19. The van der Waals surface area contributed by atoms with Gasteiger partial charge in [-0.1, -0.05) is 67.9 Å². The summed E-state index contributed by atoms with van der Waals surface area (Å²) in [4.78, 5) is 16.7. The van der Waals surface area contributed by atoms with Crippen molar-refractivity contribution >= 4 is 12.0 Å². The number of hydrogen-bond donors (Lipinski definition) is 1. The second-order valence-corrected chi connectivity index (χ2v) is 7.15. The van der Waals surface area contributed by atoms with Crippen LogP contribution in [0.1, 0.15) is 43.3 Å². The van der Waals surface area contributed by atoms with Crippen LogP contribution >= 0.6 is 0 Å². The highest BCUT2D eigenvalue weighted by atomic mass is 19.4. The molecule has 1 amide bonds. The molecule has 0 radical (unpaired) electrons. The number of aromatic nitrogens is 2. The van der Waals surface area contributed by atoms with Crippen LogP contribution in [-0.4, -0.2) is 16.0 Å². The van der Waals surface area contributed by atoms with Crippen LogP contribution in [0.3, 0.4) is 0 Å². The first-order valence-corrected chi connectivity index (χ1v) is 9.82. The van der Waals surface area contributed by atoms with Crippen LogP contribution in [0.5, 0.6) is 0 Å². The SMILES string of the molecule is CC[C@H](C)[C@H](NC(=O)/C=C/c1ccccc1)c1nc(-c2ccc(C(F)(F)F)cc2)no1. The Hall–Kier alpha value is -3.42. The first kappa shape index (κ1) is 22.3. The highest BCUT2D eigenvalue weighted by molar-refractivity contribution is 5.91. The van der Waals surface area contributed by atoms with Gasteiger partial charge in [0.1, 0.15) is 6.04 Å². The van der Waals surface area contributed by atoms with Crippen LogP contribution in [0.2, 0.25) is 0 Å². The minimum absolute atomic E-state index is 0.00465. The zero-order valence-electron chi connectivity index (χ0n) is 17.1.